The van der Waals surface area contributed by atoms with E-state index < -0.39 is 38.3 Å². The topological polar surface area (TPSA) is 77.4 Å². The molecule has 0 bridgehead atoms. The van der Waals surface area contributed by atoms with E-state index in [4.69, 9.17) is 18.9 Å². The Morgan fingerprint density at radius 1 is 1.11 bits per heavy atom. The van der Waals surface area contributed by atoms with Crippen molar-refractivity contribution in [1.82, 2.24) is 0 Å². The van der Waals surface area contributed by atoms with Gasteiger partial charge in [-0.1, -0.05) is 56.0 Å². The second kappa shape index (κ2) is 9.60. The first-order chi connectivity index (χ1) is 12.7. The van der Waals surface area contributed by atoms with Crippen LogP contribution >= 0.6 is 0 Å². The summed E-state index contributed by atoms with van der Waals surface area (Å²) in [5.74, 6) is 0. The molecule has 2 N–H and O–H groups in total. The third-order valence-corrected chi connectivity index (χ3v) is 6.94. The van der Waals surface area contributed by atoms with Crippen molar-refractivity contribution in [1.29, 1.82) is 0 Å². The van der Waals surface area contributed by atoms with Crippen LogP contribution in [0.15, 0.2) is 30.3 Å². The van der Waals surface area contributed by atoms with Crippen LogP contribution < -0.4 is 0 Å². The summed E-state index contributed by atoms with van der Waals surface area (Å²) in [7, 11) is 1.67. The Morgan fingerprint density at radius 3 is 2.33 bits per heavy atom. The summed E-state index contributed by atoms with van der Waals surface area (Å²) in [4.78, 5) is 0. The van der Waals surface area contributed by atoms with Gasteiger partial charge >= 0.3 is 0 Å². The minimum Gasteiger partial charge on any atom is -0.387 e. The summed E-state index contributed by atoms with van der Waals surface area (Å²) >= 11 is 0. The molecule has 1 aromatic rings. The number of hydrogen-bond acceptors (Lipinski definition) is 6. The molecule has 0 aliphatic carbocycles. The van der Waals surface area contributed by atoms with Gasteiger partial charge in [-0.25, -0.2) is 0 Å². The average Bonchev–Trinajstić information content (AvgIpc) is 2.63. The maximum Gasteiger partial charge on any atom is 0.187 e. The predicted molar refractivity (Wildman–Crippen MR) is 106 cm³/mol. The third-order valence-electron chi connectivity index (χ3n) is 5.19. The lowest BCUT2D eigenvalue weighted by Crippen LogP contribution is -2.68. The maximum atomic E-state index is 10.8. The Morgan fingerprint density at radius 2 is 1.78 bits per heavy atom. The first-order valence-electron chi connectivity index (χ1n) is 9.45. The zero-order chi connectivity index (χ0) is 20.1. The Labute approximate surface area is 163 Å². The highest BCUT2D eigenvalue weighted by atomic mass is 28.3. The Balaban J connectivity index is 2.04. The molecule has 0 saturated carbocycles. The van der Waals surface area contributed by atoms with Crippen molar-refractivity contribution in [2.45, 2.75) is 68.9 Å². The molecule has 0 unspecified atom stereocenters. The van der Waals surface area contributed by atoms with Crippen molar-refractivity contribution in [3.63, 3.8) is 0 Å². The lowest BCUT2D eigenvalue weighted by Gasteiger charge is -2.50. The summed E-state index contributed by atoms with van der Waals surface area (Å²) in [6, 6.07) is 10.7. The van der Waals surface area contributed by atoms with Crippen molar-refractivity contribution < 1.29 is 29.2 Å². The summed E-state index contributed by atoms with van der Waals surface area (Å²) in [5, 5.41) is 21.6. The minimum atomic E-state index is -1.38. The summed E-state index contributed by atoms with van der Waals surface area (Å²) in [6.45, 7) is 7.33. The quantitative estimate of drug-likeness (QED) is 0.622. The minimum absolute atomic E-state index is 0.154. The van der Waals surface area contributed by atoms with Crippen molar-refractivity contribution in [2.75, 3.05) is 20.8 Å². The average molecular weight is 399 g/mol. The monoisotopic (exact) mass is 398 g/mol. The molecule has 5 atom stereocenters. The molecule has 0 amide bonds. The molecule has 1 aromatic carbocycles. The second-order valence-corrected chi connectivity index (χ2v) is 14.0. The van der Waals surface area contributed by atoms with E-state index in [2.05, 4.69) is 19.6 Å². The smallest absolute Gasteiger partial charge is 0.187 e. The van der Waals surface area contributed by atoms with Crippen LogP contribution in [0.25, 0.3) is 0 Å². The highest BCUT2D eigenvalue weighted by molar-refractivity contribution is 6.76. The van der Waals surface area contributed by atoms with Gasteiger partial charge in [0.05, 0.1) is 13.2 Å². The number of methoxy groups -OCH3 is 2. The van der Waals surface area contributed by atoms with Crippen LogP contribution in [0, 0.1) is 0 Å². The van der Waals surface area contributed by atoms with Crippen LogP contribution in [0.3, 0.4) is 0 Å². The molecule has 6 nitrogen and oxygen atoms in total. The molecule has 1 aliphatic rings. The fraction of sp³-hybridized carbons (Fsp3) is 0.700. The van der Waals surface area contributed by atoms with Gasteiger partial charge in [0.25, 0.3) is 0 Å². The molecular formula is C20H34O6Si. The molecule has 1 heterocycles. The van der Waals surface area contributed by atoms with Crippen LogP contribution in [0.4, 0.5) is 0 Å². The van der Waals surface area contributed by atoms with Crippen LogP contribution in [0.5, 0.6) is 0 Å². The summed E-state index contributed by atoms with van der Waals surface area (Å²) in [6.07, 6.45) is -2.99. The summed E-state index contributed by atoms with van der Waals surface area (Å²) < 4.78 is 22.7. The van der Waals surface area contributed by atoms with Crippen molar-refractivity contribution in [3.05, 3.63) is 35.9 Å². The van der Waals surface area contributed by atoms with E-state index in [1.165, 1.54) is 14.2 Å². The van der Waals surface area contributed by atoms with Gasteiger partial charge in [-0.2, -0.15) is 0 Å². The molecular weight excluding hydrogens is 364 g/mol. The van der Waals surface area contributed by atoms with Gasteiger partial charge in [0.2, 0.25) is 0 Å². The lowest BCUT2D eigenvalue weighted by atomic mass is 9.84. The van der Waals surface area contributed by atoms with E-state index in [9.17, 15) is 10.2 Å². The fourth-order valence-corrected chi connectivity index (χ4v) is 4.63. The molecule has 1 fully saturated rings. The van der Waals surface area contributed by atoms with Gasteiger partial charge < -0.3 is 29.2 Å². The highest BCUT2D eigenvalue weighted by Gasteiger charge is 2.56. The van der Waals surface area contributed by atoms with Gasteiger partial charge in [-0.3, -0.25) is 0 Å². The first kappa shape index (κ1) is 22.5. The van der Waals surface area contributed by atoms with E-state index in [0.717, 1.165) is 11.6 Å². The zero-order valence-electron chi connectivity index (χ0n) is 17.1. The van der Waals surface area contributed by atoms with Gasteiger partial charge in [-0.15, -0.1) is 0 Å². The highest BCUT2D eigenvalue weighted by Crippen LogP contribution is 2.38. The molecule has 0 spiro atoms. The Bertz CT molecular complexity index is 563. The molecule has 0 aromatic heterocycles. The number of ether oxygens (including phenoxy) is 4. The fourth-order valence-electron chi connectivity index (χ4n) is 3.48. The molecule has 27 heavy (non-hydrogen) atoms. The maximum absolute atomic E-state index is 10.8. The molecule has 1 saturated heterocycles. The van der Waals surface area contributed by atoms with E-state index in [1.54, 1.807) is 0 Å². The van der Waals surface area contributed by atoms with Crippen molar-refractivity contribution in [2.24, 2.45) is 0 Å². The molecule has 7 heteroatoms. The number of rotatable bonds is 9. The third kappa shape index (κ3) is 5.60. The molecule has 154 valence electrons. The Kier molecular flexibility index (Phi) is 8.00. The number of aliphatic hydroxyl groups is 2. The van der Waals surface area contributed by atoms with E-state index in [-0.39, 0.29) is 6.61 Å². The van der Waals surface area contributed by atoms with Crippen LogP contribution in [-0.4, -0.2) is 69.3 Å². The molecule has 2 rings (SSSR count). The van der Waals surface area contributed by atoms with Crippen LogP contribution in [-0.2, 0) is 25.6 Å². The standard InChI is InChI=1S/C20H34O6Si/c1-23-18-17(21)16(14-25-13-15-9-7-6-8-10-15)26-19(22)20(18,24-2)11-12-27(3,4)5/h6-10,16-19,21-22H,11-14H2,1-5H3/t16-,17-,18+,19-,20-/m1/s1. The molecule has 1 aliphatic heterocycles. The van der Waals surface area contributed by atoms with Gasteiger partial charge in [0.15, 0.2) is 6.29 Å². The first-order valence-corrected chi connectivity index (χ1v) is 13.2. The largest absolute Gasteiger partial charge is 0.387 e. The van der Waals surface area contributed by atoms with Gasteiger partial charge in [0, 0.05) is 22.3 Å². The second-order valence-electron chi connectivity index (χ2n) is 8.39. The van der Waals surface area contributed by atoms with E-state index >= 15 is 0 Å². The number of benzene rings is 1. The Hall–Kier alpha value is -0.803. The van der Waals surface area contributed by atoms with Gasteiger partial charge in [-0.05, 0) is 12.0 Å². The normalized spacial score (nSPS) is 31.8. The lowest BCUT2D eigenvalue weighted by molar-refractivity contribution is -0.341. The SMILES string of the molecule is CO[C@H]1[C@H](O)[C@@H](COCc2ccccc2)O[C@@H](O)[C@]1(CC[Si](C)(C)C)OC. The zero-order valence-corrected chi connectivity index (χ0v) is 18.1. The summed E-state index contributed by atoms with van der Waals surface area (Å²) in [5.41, 5.74) is -0.0577. The predicted octanol–water partition coefficient (Wildman–Crippen LogP) is 2.41. The van der Waals surface area contributed by atoms with Crippen LogP contribution in [0.2, 0.25) is 25.7 Å². The number of hydrogen-bond donors (Lipinski definition) is 2. The van der Waals surface area contributed by atoms with E-state index in [0.29, 0.717) is 13.0 Å². The van der Waals surface area contributed by atoms with Crippen LogP contribution in [0.1, 0.15) is 12.0 Å². The molecule has 0 radical (unpaired) electrons. The van der Waals surface area contributed by atoms with E-state index in [1.807, 2.05) is 30.3 Å². The van der Waals surface area contributed by atoms with Crippen molar-refractivity contribution in [3.8, 4) is 0 Å². The van der Waals surface area contributed by atoms with Gasteiger partial charge in [0.1, 0.15) is 23.9 Å². The van der Waals surface area contributed by atoms with Crippen molar-refractivity contribution >= 4 is 8.07 Å². The number of aliphatic hydroxyl groups excluding tert-OH is 2.